The summed E-state index contributed by atoms with van der Waals surface area (Å²) in [5.41, 5.74) is -0.322. The van der Waals surface area contributed by atoms with E-state index in [1.807, 2.05) is 0 Å². The number of β-amino-alcohol motifs (C(OH)–C–C–N with tert-alkyl or cyclic N) is 1. The predicted molar refractivity (Wildman–Crippen MR) is 53.1 cm³/mol. The molecule has 2 saturated heterocycles. The van der Waals surface area contributed by atoms with E-state index in [4.69, 9.17) is 4.74 Å². The highest BCUT2D eigenvalue weighted by Crippen LogP contribution is 2.45. The fraction of sp³-hybridized carbons (Fsp3) is 1.00. The minimum absolute atomic E-state index is 0.322. The van der Waals surface area contributed by atoms with Gasteiger partial charge in [0, 0.05) is 25.7 Å². The number of nitrogens with zero attached hydrogens (tertiary/aromatic N) is 1. The maximum Gasteiger partial charge on any atom is 0.0928 e. The van der Waals surface area contributed by atoms with Crippen LogP contribution in [0.25, 0.3) is 0 Å². The Bertz CT molecular complexity index is 215. The van der Waals surface area contributed by atoms with Crippen LogP contribution in [0.5, 0.6) is 0 Å². The number of ether oxygens (including phenoxy) is 1. The predicted octanol–water partition coefficient (Wildman–Crippen LogP) is 0.622. The van der Waals surface area contributed by atoms with Gasteiger partial charge in [-0.05, 0) is 31.6 Å². The van der Waals surface area contributed by atoms with E-state index in [2.05, 4.69) is 4.90 Å². The highest BCUT2D eigenvalue weighted by molar-refractivity contribution is 5.06. The van der Waals surface area contributed by atoms with Gasteiger partial charge in [-0.25, -0.2) is 0 Å². The lowest BCUT2D eigenvalue weighted by atomic mass is 9.86. The van der Waals surface area contributed by atoms with Crippen molar-refractivity contribution in [1.29, 1.82) is 0 Å². The topological polar surface area (TPSA) is 32.7 Å². The lowest BCUT2D eigenvalue weighted by Gasteiger charge is -2.51. The molecule has 1 atom stereocenters. The van der Waals surface area contributed by atoms with Crippen LogP contribution < -0.4 is 0 Å². The number of hydrogen-bond acceptors (Lipinski definition) is 3. The van der Waals surface area contributed by atoms with Crippen molar-refractivity contribution in [2.24, 2.45) is 5.92 Å². The highest BCUT2D eigenvalue weighted by Gasteiger charge is 2.53. The first-order valence-electron chi connectivity index (χ1n) is 5.82. The Morgan fingerprint density at radius 3 is 2.57 bits per heavy atom. The molecule has 0 radical (unpaired) electrons. The second kappa shape index (κ2) is 3.19. The monoisotopic (exact) mass is 197 g/mol. The molecule has 0 aromatic heterocycles. The molecule has 0 aromatic carbocycles. The van der Waals surface area contributed by atoms with Gasteiger partial charge in [-0.2, -0.15) is 0 Å². The molecule has 0 bridgehead atoms. The molecule has 3 rings (SSSR count). The van der Waals surface area contributed by atoms with Crippen LogP contribution in [0.1, 0.15) is 25.7 Å². The van der Waals surface area contributed by atoms with Gasteiger partial charge in [0.1, 0.15) is 0 Å². The Morgan fingerprint density at radius 2 is 2.00 bits per heavy atom. The molecule has 3 fully saturated rings. The zero-order valence-electron chi connectivity index (χ0n) is 8.61. The standard InChI is InChI=1S/C11H19NO2/c13-11(9-3-4-9)7-12(8-11)10-2-1-5-14-6-10/h9-10,13H,1-8H2. The molecule has 0 amide bonds. The average Bonchev–Trinajstić information content (AvgIpc) is 2.98. The molecule has 0 aromatic rings. The van der Waals surface area contributed by atoms with E-state index in [1.54, 1.807) is 0 Å². The van der Waals surface area contributed by atoms with Gasteiger partial charge in [-0.3, -0.25) is 4.90 Å². The number of hydrogen-bond donors (Lipinski definition) is 1. The van der Waals surface area contributed by atoms with E-state index in [-0.39, 0.29) is 5.60 Å². The van der Waals surface area contributed by atoms with E-state index < -0.39 is 0 Å². The third kappa shape index (κ3) is 1.47. The Labute approximate surface area is 85.0 Å². The lowest BCUT2D eigenvalue weighted by Crippen LogP contribution is -2.66. The second-order valence-corrected chi connectivity index (χ2v) is 5.15. The average molecular weight is 197 g/mol. The van der Waals surface area contributed by atoms with Crippen molar-refractivity contribution in [2.75, 3.05) is 26.3 Å². The minimum atomic E-state index is -0.322. The molecule has 1 N–H and O–H groups in total. The third-order valence-electron chi connectivity index (χ3n) is 3.94. The van der Waals surface area contributed by atoms with Crippen molar-refractivity contribution in [3.05, 3.63) is 0 Å². The van der Waals surface area contributed by atoms with Gasteiger partial charge < -0.3 is 9.84 Å². The summed E-state index contributed by atoms with van der Waals surface area (Å²) in [6.07, 6.45) is 4.92. The van der Waals surface area contributed by atoms with E-state index >= 15 is 0 Å². The van der Waals surface area contributed by atoms with Gasteiger partial charge in [-0.15, -0.1) is 0 Å². The van der Waals surface area contributed by atoms with Gasteiger partial charge in [0.15, 0.2) is 0 Å². The van der Waals surface area contributed by atoms with E-state index in [0.29, 0.717) is 12.0 Å². The first kappa shape index (κ1) is 9.13. The first-order valence-corrected chi connectivity index (χ1v) is 5.82. The summed E-state index contributed by atoms with van der Waals surface area (Å²) < 4.78 is 5.46. The Morgan fingerprint density at radius 1 is 1.21 bits per heavy atom. The molecule has 80 valence electrons. The zero-order chi connectivity index (χ0) is 9.60. The number of rotatable bonds is 2. The molecule has 3 aliphatic rings. The molecule has 1 aliphatic carbocycles. The van der Waals surface area contributed by atoms with Crippen molar-refractivity contribution >= 4 is 0 Å². The molecule has 0 spiro atoms. The molecule has 1 saturated carbocycles. The van der Waals surface area contributed by atoms with E-state index in [9.17, 15) is 5.11 Å². The van der Waals surface area contributed by atoms with Crippen molar-refractivity contribution in [3.63, 3.8) is 0 Å². The Balaban J connectivity index is 1.52. The number of likely N-dealkylation sites (tertiary alicyclic amines) is 1. The van der Waals surface area contributed by atoms with E-state index in [1.165, 1.54) is 25.7 Å². The van der Waals surface area contributed by atoms with Crippen LogP contribution >= 0.6 is 0 Å². The van der Waals surface area contributed by atoms with Crippen molar-refractivity contribution < 1.29 is 9.84 Å². The normalized spacial score (nSPS) is 37.9. The molecular weight excluding hydrogens is 178 g/mol. The van der Waals surface area contributed by atoms with Crippen LogP contribution in [0.3, 0.4) is 0 Å². The SMILES string of the molecule is OC1(C2CC2)CN(C2CCCOC2)C1. The van der Waals surface area contributed by atoms with Crippen molar-refractivity contribution in [3.8, 4) is 0 Å². The summed E-state index contributed by atoms with van der Waals surface area (Å²) in [5, 5.41) is 10.2. The minimum Gasteiger partial charge on any atom is -0.387 e. The largest absolute Gasteiger partial charge is 0.387 e. The Hall–Kier alpha value is -0.120. The summed E-state index contributed by atoms with van der Waals surface area (Å²) >= 11 is 0. The van der Waals surface area contributed by atoms with Crippen LogP contribution in [0.15, 0.2) is 0 Å². The van der Waals surface area contributed by atoms with Crippen LogP contribution in [0.4, 0.5) is 0 Å². The van der Waals surface area contributed by atoms with Crippen molar-refractivity contribution in [1.82, 2.24) is 4.90 Å². The first-order chi connectivity index (χ1) is 6.78. The van der Waals surface area contributed by atoms with Crippen molar-refractivity contribution in [2.45, 2.75) is 37.3 Å². The fourth-order valence-corrected chi connectivity index (χ4v) is 2.81. The van der Waals surface area contributed by atoms with Crippen LogP contribution in [-0.4, -0.2) is 48.0 Å². The fourth-order valence-electron chi connectivity index (χ4n) is 2.81. The molecule has 2 heterocycles. The zero-order valence-corrected chi connectivity index (χ0v) is 8.61. The summed E-state index contributed by atoms with van der Waals surface area (Å²) in [6, 6.07) is 0.586. The molecule has 3 heteroatoms. The molecule has 1 unspecified atom stereocenters. The highest BCUT2D eigenvalue weighted by atomic mass is 16.5. The third-order valence-corrected chi connectivity index (χ3v) is 3.94. The maximum atomic E-state index is 10.2. The van der Waals surface area contributed by atoms with Crippen LogP contribution in [0, 0.1) is 5.92 Å². The molecule has 14 heavy (non-hydrogen) atoms. The number of aliphatic hydroxyl groups is 1. The van der Waals surface area contributed by atoms with E-state index in [0.717, 1.165) is 26.3 Å². The van der Waals surface area contributed by atoms with Crippen LogP contribution in [-0.2, 0) is 4.74 Å². The molecule has 2 aliphatic heterocycles. The van der Waals surface area contributed by atoms with Crippen LogP contribution in [0.2, 0.25) is 0 Å². The summed E-state index contributed by atoms with van der Waals surface area (Å²) in [4.78, 5) is 2.40. The molecular formula is C11H19NO2. The van der Waals surface area contributed by atoms with Gasteiger partial charge in [0.05, 0.1) is 12.2 Å². The second-order valence-electron chi connectivity index (χ2n) is 5.15. The van der Waals surface area contributed by atoms with Gasteiger partial charge in [0.25, 0.3) is 0 Å². The summed E-state index contributed by atoms with van der Waals surface area (Å²) in [6.45, 7) is 3.59. The van der Waals surface area contributed by atoms with Gasteiger partial charge in [0.2, 0.25) is 0 Å². The molecule has 3 nitrogen and oxygen atoms in total. The smallest absolute Gasteiger partial charge is 0.0928 e. The lowest BCUT2D eigenvalue weighted by molar-refractivity contribution is -0.145. The quantitative estimate of drug-likeness (QED) is 0.704. The summed E-state index contributed by atoms with van der Waals surface area (Å²) in [5.74, 6) is 0.614. The maximum absolute atomic E-state index is 10.2. The Kier molecular flexibility index (Phi) is 2.08. The summed E-state index contributed by atoms with van der Waals surface area (Å²) in [7, 11) is 0. The van der Waals surface area contributed by atoms with Gasteiger partial charge in [-0.1, -0.05) is 0 Å². The van der Waals surface area contributed by atoms with Gasteiger partial charge >= 0.3 is 0 Å².